The summed E-state index contributed by atoms with van der Waals surface area (Å²) in [4.78, 5) is 35.8. The summed E-state index contributed by atoms with van der Waals surface area (Å²) in [5, 5.41) is 7.90. The number of anilines is 2. The van der Waals surface area contributed by atoms with Crippen molar-refractivity contribution in [2.75, 3.05) is 17.6 Å². The molecule has 2 aromatic rings. The maximum atomic E-state index is 12.2. The molecular formula is C21H26N4O4. The number of hydrogen-bond donors (Lipinski definition) is 4. The van der Waals surface area contributed by atoms with Gasteiger partial charge in [0.25, 0.3) is 5.91 Å². The standard InChI is InChI=1S/C21H26N4O4/c1-21(2,3)29-20(28)24-13-18(26)25-17-6-4-5-14(11-17)12-23-19(27)15-7-9-16(22)10-8-15/h4-11H,12-13,22H2,1-3H3,(H,23,27)(H,24,28)(H,25,26). The third-order valence-corrected chi connectivity index (χ3v) is 3.63. The van der Waals surface area contributed by atoms with Crippen LogP contribution in [-0.4, -0.2) is 30.1 Å². The summed E-state index contributed by atoms with van der Waals surface area (Å²) in [6.45, 7) is 5.30. The lowest BCUT2D eigenvalue weighted by Crippen LogP contribution is -2.37. The van der Waals surface area contributed by atoms with Gasteiger partial charge >= 0.3 is 6.09 Å². The fourth-order valence-electron chi connectivity index (χ4n) is 2.35. The molecule has 2 aromatic carbocycles. The van der Waals surface area contributed by atoms with E-state index in [0.29, 0.717) is 23.5 Å². The van der Waals surface area contributed by atoms with Crippen molar-refractivity contribution in [3.05, 3.63) is 59.7 Å². The van der Waals surface area contributed by atoms with Crippen LogP contribution in [0.5, 0.6) is 0 Å². The van der Waals surface area contributed by atoms with Gasteiger partial charge in [0, 0.05) is 23.5 Å². The zero-order valence-corrected chi connectivity index (χ0v) is 16.7. The number of rotatable bonds is 6. The highest BCUT2D eigenvalue weighted by molar-refractivity contribution is 5.95. The Labute approximate surface area is 169 Å². The first kappa shape index (κ1) is 21.7. The maximum Gasteiger partial charge on any atom is 0.408 e. The minimum atomic E-state index is -0.660. The summed E-state index contributed by atoms with van der Waals surface area (Å²) in [6, 6.07) is 13.7. The average Bonchev–Trinajstić information content (AvgIpc) is 2.64. The summed E-state index contributed by atoms with van der Waals surface area (Å²) in [6.07, 6.45) is -0.660. The molecule has 0 spiro atoms. The van der Waals surface area contributed by atoms with Crippen molar-refractivity contribution in [1.82, 2.24) is 10.6 Å². The first-order valence-electron chi connectivity index (χ1n) is 9.12. The smallest absolute Gasteiger partial charge is 0.408 e. The van der Waals surface area contributed by atoms with Gasteiger partial charge in [-0.1, -0.05) is 12.1 Å². The predicted octanol–water partition coefficient (Wildman–Crippen LogP) is 2.66. The Morgan fingerprint density at radius 3 is 2.34 bits per heavy atom. The highest BCUT2D eigenvalue weighted by Gasteiger charge is 2.16. The van der Waals surface area contributed by atoms with Gasteiger partial charge in [-0.2, -0.15) is 0 Å². The van der Waals surface area contributed by atoms with E-state index >= 15 is 0 Å². The fraction of sp³-hybridized carbons (Fsp3) is 0.286. The van der Waals surface area contributed by atoms with Crippen molar-refractivity contribution in [1.29, 1.82) is 0 Å². The average molecular weight is 398 g/mol. The van der Waals surface area contributed by atoms with E-state index in [-0.39, 0.29) is 18.4 Å². The first-order chi connectivity index (χ1) is 13.6. The van der Waals surface area contributed by atoms with E-state index in [9.17, 15) is 14.4 Å². The molecule has 0 aliphatic carbocycles. The van der Waals surface area contributed by atoms with Crippen LogP contribution in [0.2, 0.25) is 0 Å². The quantitative estimate of drug-likeness (QED) is 0.557. The number of carbonyl (C=O) groups excluding carboxylic acids is 3. The summed E-state index contributed by atoms with van der Waals surface area (Å²) in [5.74, 6) is -0.611. The van der Waals surface area contributed by atoms with E-state index < -0.39 is 11.7 Å². The number of nitrogens with one attached hydrogen (secondary N) is 3. The second kappa shape index (κ2) is 9.59. The first-order valence-corrected chi connectivity index (χ1v) is 9.12. The van der Waals surface area contributed by atoms with Crippen molar-refractivity contribution in [3.63, 3.8) is 0 Å². The SMILES string of the molecule is CC(C)(C)OC(=O)NCC(=O)Nc1cccc(CNC(=O)c2ccc(N)cc2)c1. The van der Waals surface area contributed by atoms with E-state index in [1.54, 1.807) is 63.2 Å². The molecule has 29 heavy (non-hydrogen) atoms. The minimum Gasteiger partial charge on any atom is -0.444 e. The van der Waals surface area contributed by atoms with E-state index in [2.05, 4.69) is 16.0 Å². The van der Waals surface area contributed by atoms with Crippen LogP contribution in [0.4, 0.5) is 16.2 Å². The molecule has 154 valence electrons. The van der Waals surface area contributed by atoms with E-state index in [1.165, 1.54) is 0 Å². The molecule has 3 amide bonds. The molecule has 0 saturated heterocycles. The van der Waals surface area contributed by atoms with Gasteiger partial charge in [-0.05, 0) is 62.7 Å². The summed E-state index contributed by atoms with van der Waals surface area (Å²) in [7, 11) is 0. The Bertz CT molecular complexity index is 873. The molecule has 2 rings (SSSR count). The predicted molar refractivity (Wildman–Crippen MR) is 111 cm³/mol. The number of carbonyl (C=O) groups is 3. The molecule has 8 nitrogen and oxygen atoms in total. The van der Waals surface area contributed by atoms with Crippen molar-refractivity contribution in [2.24, 2.45) is 0 Å². The normalized spacial score (nSPS) is 10.7. The van der Waals surface area contributed by atoms with Crippen LogP contribution in [0.25, 0.3) is 0 Å². The Balaban J connectivity index is 1.84. The lowest BCUT2D eigenvalue weighted by Gasteiger charge is -2.19. The van der Waals surface area contributed by atoms with Gasteiger partial charge in [-0.15, -0.1) is 0 Å². The number of alkyl carbamates (subject to hydrolysis) is 1. The lowest BCUT2D eigenvalue weighted by molar-refractivity contribution is -0.115. The van der Waals surface area contributed by atoms with Gasteiger partial charge in [-0.25, -0.2) is 4.79 Å². The molecule has 0 heterocycles. The van der Waals surface area contributed by atoms with Crippen molar-refractivity contribution in [3.8, 4) is 0 Å². The summed E-state index contributed by atoms with van der Waals surface area (Å²) in [5.41, 5.74) is 7.45. The number of hydrogen-bond acceptors (Lipinski definition) is 5. The largest absolute Gasteiger partial charge is 0.444 e. The fourth-order valence-corrected chi connectivity index (χ4v) is 2.35. The zero-order valence-electron chi connectivity index (χ0n) is 16.7. The Hall–Kier alpha value is -3.55. The third-order valence-electron chi connectivity index (χ3n) is 3.63. The van der Waals surface area contributed by atoms with Crippen molar-refractivity contribution in [2.45, 2.75) is 32.9 Å². The molecule has 0 atom stereocenters. The van der Waals surface area contributed by atoms with E-state index in [1.807, 2.05) is 6.07 Å². The Morgan fingerprint density at radius 2 is 1.69 bits per heavy atom. The van der Waals surface area contributed by atoms with Gasteiger partial charge in [0.15, 0.2) is 0 Å². The number of benzene rings is 2. The third kappa shape index (κ3) is 7.92. The van der Waals surface area contributed by atoms with Crippen molar-refractivity contribution >= 4 is 29.3 Å². The second-order valence-corrected chi connectivity index (χ2v) is 7.41. The number of ether oxygens (including phenoxy) is 1. The van der Waals surface area contributed by atoms with Crippen LogP contribution in [-0.2, 0) is 16.1 Å². The molecule has 0 aliphatic heterocycles. The van der Waals surface area contributed by atoms with E-state index in [4.69, 9.17) is 10.5 Å². The highest BCUT2D eigenvalue weighted by Crippen LogP contribution is 2.11. The highest BCUT2D eigenvalue weighted by atomic mass is 16.6. The van der Waals surface area contributed by atoms with Gasteiger partial charge in [0.05, 0.1) is 0 Å². The molecule has 0 aliphatic rings. The molecule has 5 N–H and O–H groups in total. The summed E-state index contributed by atoms with van der Waals surface area (Å²) < 4.78 is 5.08. The Kier molecular flexibility index (Phi) is 7.19. The van der Waals surface area contributed by atoms with Crippen LogP contribution >= 0.6 is 0 Å². The van der Waals surface area contributed by atoms with Crippen LogP contribution in [0, 0.1) is 0 Å². The van der Waals surface area contributed by atoms with Crippen LogP contribution in [0.3, 0.4) is 0 Å². The lowest BCUT2D eigenvalue weighted by atomic mass is 10.1. The van der Waals surface area contributed by atoms with Crippen LogP contribution < -0.4 is 21.7 Å². The molecule has 0 fully saturated rings. The number of nitrogen functional groups attached to an aromatic ring is 1. The zero-order chi connectivity index (χ0) is 21.4. The van der Waals surface area contributed by atoms with Gasteiger partial charge < -0.3 is 26.4 Å². The molecule has 8 heteroatoms. The molecule has 0 bridgehead atoms. The molecule has 0 radical (unpaired) electrons. The minimum absolute atomic E-state index is 0.215. The summed E-state index contributed by atoms with van der Waals surface area (Å²) >= 11 is 0. The van der Waals surface area contributed by atoms with Gasteiger partial charge in [0.2, 0.25) is 5.91 Å². The maximum absolute atomic E-state index is 12.2. The van der Waals surface area contributed by atoms with Crippen molar-refractivity contribution < 1.29 is 19.1 Å². The number of nitrogens with two attached hydrogens (primary N) is 1. The van der Waals surface area contributed by atoms with Crippen LogP contribution in [0.15, 0.2) is 48.5 Å². The molecule has 0 saturated carbocycles. The number of amides is 3. The monoisotopic (exact) mass is 398 g/mol. The molecule has 0 aromatic heterocycles. The molecular weight excluding hydrogens is 372 g/mol. The molecule has 0 unspecified atom stereocenters. The Morgan fingerprint density at radius 1 is 1.00 bits per heavy atom. The van der Waals surface area contributed by atoms with Gasteiger partial charge in [-0.3, -0.25) is 9.59 Å². The van der Waals surface area contributed by atoms with E-state index in [0.717, 1.165) is 5.56 Å². The van der Waals surface area contributed by atoms with Gasteiger partial charge in [0.1, 0.15) is 12.1 Å². The second-order valence-electron chi connectivity index (χ2n) is 7.41. The topological polar surface area (TPSA) is 123 Å². The van der Waals surface area contributed by atoms with Crippen LogP contribution in [0.1, 0.15) is 36.7 Å².